The van der Waals surface area contributed by atoms with E-state index in [1.807, 2.05) is 5.38 Å². The molecule has 0 unspecified atom stereocenters. The standard InChI is InChI=1S/C13H15N3O2S/c1-2-8-5-6-19-11(8)7-15-12-9(14)3-4-10(16-12)13(17)18/h3-6H,2,7,14H2,1H3,(H,15,16)(H,17,18). The van der Waals surface area contributed by atoms with Crippen LogP contribution in [-0.2, 0) is 13.0 Å². The molecule has 0 fully saturated rings. The van der Waals surface area contributed by atoms with Crippen LogP contribution in [-0.4, -0.2) is 16.1 Å². The van der Waals surface area contributed by atoms with Gasteiger partial charge in [0, 0.05) is 4.88 Å². The number of carbonyl (C=O) groups is 1. The highest BCUT2D eigenvalue weighted by atomic mass is 32.1. The van der Waals surface area contributed by atoms with Gasteiger partial charge in [-0.05, 0) is 35.6 Å². The highest BCUT2D eigenvalue weighted by Crippen LogP contribution is 2.21. The van der Waals surface area contributed by atoms with E-state index in [0.717, 1.165) is 6.42 Å². The van der Waals surface area contributed by atoms with Crippen molar-refractivity contribution < 1.29 is 9.90 Å². The third-order valence-electron chi connectivity index (χ3n) is 2.78. The molecule has 2 aromatic rings. The molecule has 0 bridgehead atoms. The molecule has 0 aromatic carbocycles. The molecular weight excluding hydrogens is 262 g/mol. The van der Waals surface area contributed by atoms with E-state index in [4.69, 9.17) is 10.8 Å². The Morgan fingerprint density at radius 1 is 1.47 bits per heavy atom. The molecule has 0 aliphatic rings. The summed E-state index contributed by atoms with van der Waals surface area (Å²) in [5, 5.41) is 14.0. The smallest absolute Gasteiger partial charge is 0.354 e. The molecule has 2 rings (SSSR count). The maximum Gasteiger partial charge on any atom is 0.354 e. The fourth-order valence-corrected chi connectivity index (χ4v) is 2.65. The Hall–Kier alpha value is -2.08. The summed E-state index contributed by atoms with van der Waals surface area (Å²) in [5.41, 5.74) is 7.50. The lowest BCUT2D eigenvalue weighted by Gasteiger charge is -2.09. The number of carboxylic acid groups (broad SMARTS) is 1. The molecule has 0 amide bonds. The molecule has 0 aliphatic heterocycles. The number of nitrogens with two attached hydrogens (primary N) is 1. The summed E-state index contributed by atoms with van der Waals surface area (Å²) >= 11 is 1.66. The second-order valence-electron chi connectivity index (χ2n) is 4.02. The van der Waals surface area contributed by atoms with E-state index in [1.165, 1.54) is 16.5 Å². The highest BCUT2D eigenvalue weighted by molar-refractivity contribution is 7.10. The summed E-state index contributed by atoms with van der Waals surface area (Å²) in [7, 11) is 0. The van der Waals surface area contributed by atoms with Crippen LogP contribution in [0.5, 0.6) is 0 Å². The number of anilines is 2. The monoisotopic (exact) mass is 277 g/mol. The summed E-state index contributed by atoms with van der Waals surface area (Å²) in [6.07, 6.45) is 0.971. The number of nitrogens with zero attached hydrogens (tertiary/aromatic N) is 1. The van der Waals surface area contributed by atoms with Gasteiger partial charge in [0.1, 0.15) is 0 Å². The minimum Gasteiger partial charge on any atom is -0.477 e. The van der Waals surface area contributed by atoms with Crippen LogP contribution in [0.2, 0.25) is 0 Å². The molecule has 0 saturated carbocycles. The number of aryl methyl sites for hydroxylation is 1. The Morgan fingerprint density at radius 3 is 2.95 bits per heavy atom. The first-order valence-electron chi connectivity index (χ1n) is 5.90. The SMILES string of the molecule is CCc1ccsc1CNc1nc(C(=O)O)ccc1N. The van der Waals surface area contributed by atoms with Crippen LogP contribution >= 0.6 is 11.3 Å². The number of thiophene rings is 1. The quantitative estimate of drug-likeness (QED) is 0.781. The lowest BCUT2D eigenvalue weighted by atomic mass is 10.2. The van der Waals surface area contributed by atoms with E-state index in [0.29, 0.717) is 18.1 Å². The zero-order valence-electron chi connectivity index (χ0n) is 10.5. The summed E-state index contributed by atoms with van der Waals surface area (Å²) in [6.45, 7) is 2.70. The van der Waals surface area contributed by atoms with Gasteiger partial charge in [-0.25, -0.2) is 9.78 Å². The maximum absolute atomic E-state index is 10.9. The van der Waals surface area contributed by atoms with Crippen LogP contribution in [0, 0.1) is 0 Å². The first kappa shape index (κ1) is 13.4. The Balaban J connectivity index is 2.15. The molecule has 4 N–H and O–H groups in total. The van der Waals surface area contributed by atoms with E-state index in [1.54, 1.807) is 17.4 Å². The number of aromatic carboxylic acids is 1. The van der Waals surface area contributed by atoms with Crippen molar-refractivity contribution in [2.75, 3.05) is 11.1 Å². The van der Waals surface area contributed by atoms with Crippen LogP contribution in [0.4, 0.5) is 11.5 Å². The van der Waals surface area contributed by atoms with Gasteiger partial charge in [-0.2, -0.15) is 0 Å². The molecule has 0 saturated heterocycles. The van der Waals surface area contributed by atoms with Gasteiger partial charge >= 0.3 is 5.97 Å². The number of aromatic nitrogens is 1. The van der Waals surface area contributed by atoms with Crippen LogP contribution in [0.1, 0.15) is 27.9 Å². The Kier molecular flexibility index (Phi) is 4.01. The molecule has 0 spiro atoms. The molecule has 6 heteroatoms. The van der Waals surface area contributed by atoms with Gasteiger partial charge < -0.3 is 16.2 Å². The van der Waals surface area contributed by atoms with Crippen LogP contribution in [0.25, 0.3) is 0 Å². The van der Waals surface area contributed by atoms with Crippen molar-refractivity contribution >= 4 is 28.8 Å². The van der Waals surface area contributed by atoms with E-state index < -0.39 is 5.97 Å². The largest absolute Gasteiger partial charge is 0.477 e. The Bertz CT molecular complexity index is 595. The third-order valence-corrected chi connectivity index (χ3v) is 3.74. The molecule has 0 aliphatic carbocycles. The van der Waals surface area contributed by atoms with Gasteiger partial charge in [0.05, 0.1) is 12.2 Å². The number of hydrogen-bond donors (Lipinski definition) is 3. The predicted octanol–water partition coefficient (Wildman–Crippen LogP) is 2.60. The number of pyridine rings is 1. The number of nitrogens with one attached hydrogen (secondary N) is 1. The first-order valence-corrected chi connectivity index (χ1v) is 6.78. The maximum atomic E-state index is 10.9. The summed E-state index contributed by atoms with van der Waals surface area (Å²) in [5.74, 6) is -0.649. The average Bonchev–Trinajstić information content (AvgIpc) is 2.85. The highest BCUT2D eigenvalue weighted by Gasteiger charge is 2.09. The van der Waals surface area contributed by atoms with Crippen LogP contribution in [0.15, 0.2) is 23.6 Å². The predicted molar refractivity (Wildman–Crippen MR) is 76.6 cm³/mol. The fourth-order valence-electron chi connectivity index (χ4n) is 1.73. The number of rotatable bonds is 5. The van der Waals surface area contributed by atoms with Crippen molar-refractivity contribution in [1.82, 2.24) is 4.98 Å². The van der Waals surface area contributed by atoms with Gasteiger partial charge in [0.2, 0.25) is 0 Å². The van der Waals surface area contributed by atoms with Crippen molar-refractivity contribution in [3.05, 3.63) is 39.7 Å². The van der Waals surface area contributed by atoms with Crippen molar-refractivity contribution in [2.24, 2.45) is 0 Å². The van der Waals surface area contributed by atoms with E-state index in [9.17, 15) is 4.79 Å². The first-order chi connectivity index (χ1) is 9.11. The van der Waals surface area contributed by atoms with Gasteiger partial charge in [0.25, 0.3) is 0 Å². The number of carboxylic acids is 1. The second-order valence-corrected chi connectivity index (χ2v) is 5.02. The van der Waals surface area contributed by atoms with Gasteiger partial charge in [0.15, 0.2) is 11.5 Å². The van der Waals surface area contributed by atoms with Crippen molar-refractivity contribution in [2.45, 2.75) is 19.9 Å². The lowest BCUT2D eigenvalue weighted by Crippen LogP contribution is -2.08. The normalized spacial score (nSPS) is 10.4. The Morgan fingerprint density at radius 2 is 2.26 bits per heavy atom. The molecule has 0 radical (unpaired) electrons. The van der Waals surface area contributed by atoms with Crippen molar-refractivity contribution in [3.63, 3.8) is 0 Å². The minimum atomic E-state index is -1.06. The van der Waals surface area contributed by atoms with Gasteiger partial charge in [-0.1, -0.05) is 6.92 Å². The third kappa shape index (κ3) is 3.03. The van der Waals surface area contributed by atoms with E-state index in [-0.39, 0.29) is 5.69 Å². The second kappa shape index (κ2) is 5.71. The average molecular weight is 277 g/mol. The molecule has 5 nitrogen and oxygen atoms in total. The molecular formula is C13H15N3O2S. The van der Waals surface area contributed by atoms with Crippen LogP contribution < -0.4 is 11.1 Å². The van der Waals surface area contributed by atoms with E-state index >= 15 is 0 Å². The lowest BCUT2D eigenvalue weighted by molar-refractivity contribution is 0.0690. The summed E-state index contributed by atoms with van der Waals surface area (Å²) in [4.78, 5) is 16.1. The zero-order chi connectivity index (χ0) is 13.8. The zero-order valence-corrected chi connectivity index (χ0v) is 11.3. The van der Waals surface area contributed by atoms with Gasteiger partial charge in [-0.15, -0.1) is 11.3 Å². The number of hydrogen-bond acceptors (Lipinski definition) is 5. The molecule has 2 heterocycles. The molecule has 2 aromatic heterocycles. The Labute approximate surface area is 115 Å². The summed E-state index contributed by atoms with van der Waals surface area (Å²) < 4.78 is 0. The fraction of sp³-hybridized carbons (Fsp3) is 0.231. The van der Waals surface area contributed by atoms with Crippen molar-refractivity contribution in [1.29, 1.82) is 0 Å². The molecule has 19 heavy (non-hydrogen) atoms. The number of nitrogen functional groups attached to an aromatic ring is 1. The molecule has 100 valence electrons. The minimum absolute atomic E-state index is 0.0152. The van der Waals surface area contributed by atoms with Gasteiger partial charge in [-0.3, -0.25) is 0 Å². The topological polar surface area (TPSA) is 88.2 Å². The van der Waals surface area contributed by atoms with E-state index in [2.05, 4.69) is 23.3 Å². The van der Waals surface area contributed by atoms with Crippen LogP contribution in [0.3, 0.4) is 0 Å². The summed E-state index contributed by atoms with van der Waals surface area (Å²) in [6, 6.07) is 5.03. The molecule has 0 atom stereocenters. The van der Waals surface area contributed by atoms with Crippen molar-refractivity contribution in [3.8, 4) is 0 Å².